The number of carboxylic acid groups (broad SMARTS) is 1. The molecule has 2 amide bonds. The summed E-state index contributed by atoms with van der Waals surface area (Å²) in [7, 11) is 0. The van der Waals surface area contributed by atoms with E-state index in [2.05, 4.69) is 26.0 Å². The maximum Gasteiger partial charge on any atom is 0.412 e. The molecule has 34 heavy (non-hydrogen) atoms. The average molecular weight is 521 g/mol. The zero-order valence-electron chi connectivity index (χ0n) is 18.0. The molecule has 2 aromatic carbocycles. The summed E-state index contributed by atoms with van der Waals surface area (Å²) in [5.41, 5.74) is 3.43. The van der Waals surface area contributed by atoms with Crippen molar-refractivity contribution >= 4 is 39.3 Å². The molecule has 172 valence electrons. The Bertz CT molecular complexity index is 1230. The van der Waals surface area contributed by atoms with E-state index in [1.807, 2.05) is 42.5 Å². The fraction of sp³-hybridized carbons (Fsp3) is 0.200. The number of hydrazone groups is 1. The van der Waals surface area contributed by atoms with Crippen LogP contribution in [-0.2, 0) is 4.74 Å². The summed E-state index contributed by atoms with van der Waals surface area (Å²) in [5, 5.41) is 15.8. The van der Waals surface area contributed by atoms with Crippen LogP contribution in [0.2, 0.25) is 0 Å². The highest BCUT2D eigenvalue weighted by molar-refractivity contribution is 9.10. The summed E-state index contributed by atoms with van der Waals surface area (Å²) in [6.45, 7) is 0.777. The number of ether oxygens (including phenoxy) is 1. The molecule has 2 aliphatic rings. The second-order valence-electron chi connectivity index (χ2n) is 8.07. The standard InChI is InChI=1S/C25H21BrN4O4/c26-18-8-4-17(5-9-18)24(31)30-23(21-3-1-2-12-27-21)13-22(28-30)16-6-10-19(11-7-16)29(25(32)33)20-14-34-15-20/h1-12,20,23H,13-15H2,(H,32,33). The van der Waals surface area contributed by atoms with Crippen LogP contribution in [0, 0.1) is 0 Å². The molecule has 3 heterocycles. The number of pyridine rings is 1. The van der Waals surface area contributed by atoms with Gasteiger partial charge in [0.1, 0.15) is 6.04 Å². The molecular formula is C25H21BrN4O4. The van der Waals surface area contributed by atoms with Crippen LogP contribution in [0.15, 0.2) is 82.5 Å². The molecule has 9 heteroatoms. The number of amides is 2. The Morgan fingerprint density at radius 3 is 2.35 bits per heavy atom. The zero-order valence-corrected chi connectivity index (χ0v) is 19.6. The van der Waals surface area contributed by atoms with Crippen molar-refractivity contribution in [1.29, 1.82) is 0 Å². The number of halogens is 1. The molecule has 5 rings (SSSR count). The molecule has 1 aromatic heterocycles. The molecule has 1 saturated heterocycles. The second kappa shape index (κ2) is 9.36. The molecule has 8 nitrogen and oxygen atoms in total. The minimum Gasteiger partial charge on any atom is -0.465 e. The fourth-order valence-electron chi connectivity index (χ4n) is 4.06. The maximum atomic E-state index is 13.3. The fourth-order valence-corrected chi connectivity index (χ4v) is 4.33. The van der Waals surface area contributed by atoms with Crippen LogP contribution in [0.25, 0.3) is 0 Å². The van der Waals surface area contributed by atoms with Crippen LogP contribution < -0.4 is 4.90 Å². The summed E-state index contributed by atoms with van der Waals surface area (Å²) < 4.78 is 6.04. The van der Waals surface area contributed by atoms with E-state index in [0.29, 0.717) is 30.9 Å². The lowest BCUT2D eigenvalue weighted by Crippen LogP contribution is -2.51. The number of benzene rings is 2. The summed E-state index contributed by atoms with van der Waals surface area (Å²) in [4.78, 5) is 30.9. The van der Waals surface area contributed by atoms with Crippen molar-refractivity contribution < 1.29 is 19.4 Å². The predicted molar refractivity (Wildman–Crippen MR) is 130 cm³/mol. The van der Waals surface area contributed by atoms with Crippen molar-refractivity contribution in [3.63, 3.8) is 0 Å². The third-order valence-electron chi connectivity index (χ3n) is 5.91. The van der Waals surface area contributed by atoms with Gasteiger partial charge in [-0.2, -0.15) is 5.10 Å². The van der Waals surface area contributed by atoms with E-state index in [-0.39, 0.29) is 18.0 Å². The Morgan fingerprint density at radius 1 is 1.03 bits per heavy atom. The monoisotopic (exact) mass is 520 g/mol. The number of nitrogens with zero attached hydrogens (tertiary/aromatic N) is 4. The lowest BCUT2D eigenvalue weighted by molar-refractivity contribution is 0.00897. The first-order valence-corrected chi connectivity index (χ1v) is 11.6. The van der Waals surface area contributed by atoms with E-state index in [1.54, 1.807) is 30.5 Å². The van der Waals surface area contributed by atoms with Crippen molar-refractivity contribution in [2.24, 2.45) is 5.10 Å². The van der Waals surface area contributed by atoms with Gasteiger partial charge in [0.25, 0.3) is 5.91 Å². The number of hydrogen-bond donors (Lipinski definition) is 1. The first-order chi connectivity index (χ1) is 16.5. The smallest absolute Gasteiger partial charge is 0.412 e. The molecule has 0 spiro atoms. The minimum atomic E-state index is -1.01. The van der Waals surface area contributed by atoms with Crippen molar-refractivity contribution in [3.8, 4) is 0 Å². The Kier molecular flexibility index (Phi) is 6.12. The SMILES string of the molecule is O=C(c1ccc(Br)cc1)N1N=C(c2ccc(N(C(=O)O)C3COC3)cc2)CC1c1ccccn1. The van der Waals surface area contributed by atoms with E-state index in [1.165, 1.54) is 9.91 Å². The van der Waals surface area contributed by atoms with Crippen LogP contribution in [0.3, 0.4) is 0 Å². The van der Waals surface area contributed by atoms with Crippen LogP contribution in [0.5, 0.6) is 0 Å². The first kappa shape index (κ1) is 22.2. The van der Waals surface area contributed by atoms with Gasteiger partial charge in [0.05, 0.1) is 30.7 Å². The van der Waals surface area contributed by atoms with Gasteiger partial charge in [-0.3, -0.25) is 14.7 Å². The lowest BCUT2D eigenvalue weighted by atomic mass is 10.0. The normalized spacial score (nSPS) is 17.7. The number of hydrogen-bond acceptors (Lipinski definition) is 5. The number of rotatable bonds is 5. The van der Waals surface area contributed by atoms with Crippen molar-refractivity contribution in [2.75, 3.05) is 18.1 Å². The van der Waals surface area contributed by atoms with Crippen molar-refractivity contribution in [2.45, 2.75) is 18.5 Å². The summed E-state index contributed by atoms with van der Waals surface area (Å²) in [5.74, 6) is -0.211. The van der Waals surface area contributed by atoms with Crippen molar-refractivity contribution in [3.05, 3.63) is 94.2 Å². The van der Waals surface area contributed by atoms with Gasteiger partial charge in [-0.15, -0.1) is 0 Å². The van der Waals surface area contributed by atoms with E-state index < -0.39 is 6.09 Å². The second-order valence-corrected chi connectivity index (χ2v) is 8.98. The molecule has 1 N–H and O–H groups in total. The third-order valence-corrected chi connectivity index (χ3v) is 6.44. The van der Waals surface area contributed by atoms with Gasteiger partial charge in [0, 0.05) is 28.3 Å². The lowest BCUT2D eigenvalue weighted by Gasteiger charge is -2.35. The van der Waals surface area contributed by atoms with Crippen LogP contribution in [0.1, 0.15) is 34.1 Å². The first-order valence-electron chi connectivity index (χ1n) is 10.8. The number of anilines is 1. The molecule has 0 saturated carbocycles. The molecule has 0 aliphatic carbocycles. The van der Waals surface area contributed by atoms with Gasteiger partial charge < -0.3 is 9.84 Å². The summed E-state index contributed by atoms with van der Waals surface area (Å²) >= 11 is 3.40. The van der Waals surface area contributed by atoms with Gasteiger partial charge in [0.2, 0.25) is 0 Å². The maximum absolute atomic E-state index is 13.3. The average Bonchev–Trinajstić information content (AvgIpc) is 3.27. The zero-order chi connectivity index (χ0) is 23.7. The van der Waals surface area contributed by atoms with E-state index in [9.17, 15) is 14.7 Å². The molecular weight excluding hydrogens is 500 g/mol. The summed E-state index contributed by atoms with van der Waals surface area (Å²) in [6.07, 6.45) is 1.19. The number of carbonyl (C=O) groups excluding carboxylic acids is 1. The Morgan fingerprint density at radius 2 is 1.76 bits per heavy atom. The predicted octanol–water partition coefficient (Wildman–Crippen LogP) is 4.72. The van der Waals surface area contributed by atoms with Crippen LogP contribution in [0.4, 0.5) is 10.5 Å². The summed E-state index contributed by atoms with van der Waals surface area (Å²) in [6, 6.07) is 19.5. The molecule has 0 radical (unpaired) electrons. The van der Waals surface area contributed by atoms with Gasteiger partial charge in [-0.1, -0.05) is 34.1 Å². The number of carbonyl (C=O) groups is 2. The molecule has 1 unspecified atom stereocenters. The third kappa shape index (κ3) is 4.32. The highest BCUT2D eigenvalue weighted by Crippen LogP contribution is 2.33. The quantitative estimate of drug-likeness (QED) is 0.525. The topological polar surface area (TPSA) is 95.3 Å². The highest BCUT2D eigenvalue weighted by Gasteiger charge is 2.35. The molecule has 3 aromatic rings. The van der Waals surface area contributed by atoms with E-state index >= 15 is 0 Å². The largest absolute Gasteiger partial charge is 0.465 e. The highest BCUT2D eigenvalue weighted by atomic mass is 79.9. The van der Waals surface area contributed by atoms with E-state index in [4.69, 9.17) is 4.74 Å². The van der Waals surface area contributed by atoms with E-state index in [0.717, 1.165) is 21.4 Å². The number of aromatic nitrogens is 1. The molecule has 2 aliphatic heterocycles. The van der Waals surface area contributed by atoms with Crippen LogP contribution >= 0.6 is 15.9 Å². The van der Waals surface area contributed by atoms with Gasteiger partial charge in [-0.25, -0.2) is 9.80 Å². The molecule has 1 atom stereocenters. The minimum absolute atomic E-state index is 0.181. The van der Waals surface area contributed by atoms with Gasteiger partial charge in [0.15, 0.2) is 0 Å². The van der Waals surface area contributed by atoms with Gasteiger partial charge in [-0.05, 0) is 54.1 Å². The molecule has 1 fully saturated rings. The molecule has 0 bridgehead atoms. The van der Waals surface area contributed by atoms with Crippen LogP contribution in [-0.4, -0.2) is 52.1 Å². The van der Waals surface area contributed by atoms with Gasteiger partial charge >= 0.3 is 6.09 Å². The Hall–Kier alpha value is -3.56. The Balaban J connectivity index is 1.45. The van der Waals surface area contributed by atoms with Crippen molar-refractivity contribution in [1.82, 2.24) is 9.99 Å². The Labute approximate surface area is 204 Å².